The first-order valence-corrected chi connectivity index (χ1v) is 7.07. The Kier molecular flexibility index (Phi) is 5.49. The minimum atomic E-state index is -0.333. The van der Waals surface area contributed by atoms with Crippen LogP contribution < -0.4 is 10.6 Å². The zero-order valence-electron chi connectivity index (χ0n) is 11.6. The molecule has 5 heteroatoms. The lowest BCUT2D eigenvalue weighted by molar-refractivity contribution is -0.125. The molecular formula is C15H21FN2O2. The summed E-state index contributed by atoms with van der Waals surface area (Å²) in [5, 5.41) is 0. The number of ether oxygens (including phenoxy) is 1. The number of hydrogen-bond donors (Lipinski definition) is 1. The van der Waals surface area contributed by atoms with Crippen molar-refractivity contribution in [1.29, 1.82) is 0 Å². The molecule has 110 valence electrons. The van der Waals surface area contributed by atoms with Crippen molar-refractivity contribution in [3.05, 3.63) is 30.1 Å². The van der Waals surface area contributed by atoms with E-state index in [2.05, 4.69) is 0 Å². The molecule has 1 aromatic rings. The van der Waals surface area contributed by atoms with Gasteiger partial charge >= 0.3 is 0 Å². The molecule has 20 heavy (non-hydrogen) atoms. The summed E-state index contributed by atoms with van der Waals surface area (Å²) in [6.45, 7) is 2.26. The maximum absolute atomic E-state index is 13.4. The van der Waals surface area contributed by atoms with Crippen LogP contribution in [0.15, 0.2) is 24.3 Å². The Morgan fingerprint density at radius 2 is 2.15 bits per heavy atom. The molecule has 2 rings (SSSR count). The summed E-state index contributed by atoms with van der Waals surface area (Å²) < 4.78 is 18.7. The molecule has 0 bridgehead atoms. The van der Waals surface area contributed by atoms with Crippen LogP contribution in [0.4, 0.5) is 10.1 Å². The number of rotatable bonds is 5. The van der Waals surface area contributed by atoms with Gasteiger partial charge in [-0.15, -0.1) is 0 Å². The Bertz CT molecular complexity index is 447. The van der Waals surface area contributed by atoms with E-state index in [1.165, 1.54) is 12.1 Å². The molecular weight excluding hydrogens is 259 g/mol. The van der Waals surface area contributed by atoms with Crippen LogP contribution in [-0.4, -0.2) is 32.2 Å². The molecule has 2 N–H and O–H groups in total. The molecule has 0 radical (unpaired) electrons. The summed E-state index contributed by atoms with van der Waals surface area (Å²) in [4.78, 5) is 14.3. The van der Waals surface area contributed by atoms with E-state index in [0.717, 1.165) is 12.8 Å². The minimum absolute atomic E-state index is 0.0372. The molecule has 0 atom stereocenters. The second-order valence-corrected chi connectivity index (χ2v) is 5.00. The maximum Gasteiger partial charge on any atom is 0.230 e. The Balaban J connectivity index is 2.15. The van der Waals surface area contributed by atoms with Gasteiger partial charge in [0.15, 0.2) is 0 Å². The van der Waals surface area contributed by atoms with Crippen molar-refractivity contribution < 1.29 is 13.9 Å². The summed E-state index contributed by atoms with van der Waals surface area (Å²) in [6, 6.07) is 6.16. The quantitative estimate of drug-likeness (QED) is 0.896. The number of benzene rings is 1. The van der Waals surface area contributed by atoms with Gasteiger partial charge in [-0.25, -0.2) is 4.39 Å². The minimum Gasteiger partial charge on any atom is -0.381 e. The summed E-state index contributed by atoms with van der Waals surface area (Å²) in [5.74, 6) is -0.322. The fraction of sp³-hybridized carbons (Fsp3) is 0.533. The monoisotopic (exact) mass is 280 g/mol. The number of nitrogens with zero attached hydrogens (tertiary/aromatic N) is 1. The molecule has 0 saturated carbocycles. The Hall–Kier alpha value is -1.46. The van der Waals surface area contributed by atoms with Crippen LogP contribution >= 0.6 is 0 Å². The van der Waals surface area contributed by atoms with Crippen molar-refractivity contribution in [2.45, 2.75) is 19.3 Å². The standard InChI is InChI=1S/C15H21FN2O2/c16-13-3-1-4-14(11-13)18(8-2-7-17)15(19)12-5-9-20-10-6-12/h1,3-4,11-12H,2,5-10,17H2. The Morgan fingerprint density at radius 3 is 2.80 bits per heavy atom. The van der Waals surface area contributed by atoms with Gasteiger partial charge in [0.1, 0.15) is 5.82 Å². The zero-order valence-corrected chi connectivity index (χ0v) is 11.6. The highest BCUT2D eigenvalue weighted by Gasteiger charge is 2.27. The Labute approximate surface area is 118 Å². The average Bonchev–Trinajstić information content (AvgIpc) is 2.48. The predicted octanol–water partition coefficient (Wildman–Crippen LogP) is 1.93. The summed E-state index contributed by atoms with van der Waals surface area (Å²) in [7, 11) is 0. The molecule has 1 amide bonds. The average molecular weight is 280 g/mol. The first kappa shape index (κ1) is 14.9. The third-order valence-corrected chi connectivity index (χ3v) is 3.54. The van der Waals surface area contributed by atoms with Gasteiger partial charge in [0, 0.05) is 31.4 Å². The van der Waals surface area contributed by atoms with Gasteiger partial charge in [-0.2, -0.15) is 0 Å². The molecule has 0 aromatic heterocycles. The first-order valence-electron chi connectivity index (χ1n) is 7.07. The topological polar surface area (TPSA) is 55.6 Å². The number of amides is 1. The molecule has 4 nitrogen and oxygen atoms in total. The highest BCUT2D eigenvalue weighted by Crippen LogP contribution is 2.23. The number of carbonyl (C=O) groups excluding carboxylic acids is 1. The molecule has 1 saturated heterocycles. The number of halogens is 1. The van der Waals surface area contributed by atoms with Crippen molar-refractivity contribution in [1.82, 2.24) is 0 Å². The van der Waals surface area contributed by atoms with E-state index in [9.17, 15) is 9.18 Å². The number of nitrogens with two attached hydrogens (primary N) is 1. The fourth-order valence-electron chi connectivity index (χ4n) is 2.42. The number of hydrogen-bond acceptors (Lipinski definition) is 3. The van der Waals surface area contributed by atoms with Crippen molar-refractivity contribution in [2.75, 3.05) is 31.2 Å². The van der Waals surface area contributed by atoms with Crippen LogP contribution in [0.3, 0.4) is 0 Å². The van der Waals surface area contributed by atoms with Gasteiger partial charge in [0.2, 0.25) is 5.91 Å². The van der Waals surface area contributed by atoms with E-state index in [1.807, 2.05) is 0 Å². The van der Waals surface area contributed by atoms with E-state index >= 15 is 0 Å². The number of carbonyl (C=O) groups is 1. The predicted molar refractivity (Wildman–Crippen MR) is 76.0 cm³/mol. The normalized spacial score (nSPS) is 16.1. The summed E-state index contributed by atoms with van der Waals surface area (Å²) in [6.07, 6.45) is 2.16. The van der Waals surface area contributed by atoms with Crippen molar-refractivity contribution in [3.8, 4) is 0 Å². The number of anilines is 1. The maximum atomic E-state index is 13.4. The fourth-order valence-corrected chi connectivity index (χ4v) is 2.42. The van der Waals surface area contributed by atoms with Crippen LogP contribution in [0.5, 0.6) is 0 Å². The molecule has 1 aromatic carbocycles. The van der Waals surface area contributed by atoms with Gasteiger partial charge in [-0.3, -0.25) is 4.79 Å². The molecule has 1 fully saturated rings. The van der Waals surface area contributed by atoms with Gasteiger partial charge in [0.05, 0.1) is 0 Å². The summed E-state index contributed by atoms with van der Waals surface area (Å²) in [5.41, 5.74) is 6.14. The van der Waals surface area contributed by atoms with Gasteiger partial charge < -0.3 is 15.4 Å². The lowest BCUT2D eigenvalue weighted by Crippen LogP contribution is -2.39. The highest BCUT2D eigenvalue weighted by atomic mass is 19.1. The molecule has 1 heterocycles. The second kappa shape index (κ2) is 7.36. The van der Waals surface area contributed by atoms with Crippen LogP contribution in [0.1, 0.15) is 19.3 Å². The largest absolute Gasteiger partial charge is 0.381 e. The molecule has 0 unspecified atom stereocenters. The zero-order chi connectivity index (χ0) is 14.4. The van der Waals surface area contributed by atoms with E-state index in [1.54, 1.807) is 17.0 Å². The van der Waals surface area contributed by atoms with Crippen molar-refractivity contribution in [2.24, 2.45) is 11.7 Å². The van der Waals surface area contributed by atoms with Gasteiger partial charge in [0.25, 0.3) is 0 Å². The highest BCUT2D eigenvalue weighted by molar-refractivity contribution is 5.95. The van der Waals surface area contributed by atoms with E-state index in [0.29, 0.717) is 38.4 Å². The molecule has 0 spiro atoms. The van der Waals surface area contributed by atoms with Crippen LogP contribution in [0.25, 0.3) is 0 Å². The van der Waals surface area contributed by atoms with E-state index < -0.39 is 0 Å². The van der Waals surface area contributed by atoms with Crippen LogP contribution in [-0.2, 0) is 9.53 Å². The molecule has 0 aliphatic carbocycles. The SMILES string of the molecule is NCCCN(C(=O)C1CCOCC1)c1cccc(F)c1. The third kappa shape index (κ3) is 3.77. The Morgan fingerprint density at radius 1 is 1.40 bits per heavy atom. The molecule has 1 aliphatic rings. The van der Waals surface area contributed by atoms with Crippen LogP contribution in [0, 0.1) is 11.7 Å². The lowest BCUT2D eigenvalue weighted by atomic mass is 9.98. The van der Waals surface area contributed by atoms with Gasteiger partial charge in [-0.1, -0.05) is 6.07 Å². The van der Waals surface area contributed by atoms with E-state index in [-0.39, 0.29) is 17.6 Å². The van der Waals surface area contributed by atoms with Crippen molar-refractivity contribution >= 4 is 11.6 Å². The lowest BCUT2D eigenvalue weighted by Gasteiger charge is -2.29. The smallest absolute Gasteiger partial charge is 0.230 e. The van der Waals surface area contributed by atoms with E-state index in [4.69, 9.17) is 10.5 Å². The van der Waals surface area contributed by atoms with Gasteiger partial charge in [-0.05, 0) is 44.0 Å². The second-order valence-electron chi connectivity index (χ2n) is 5.00. The first-order chi connectivity index (χ1) is 9.72. The third-order valence-electron chi connectivity index (χ3n) is 3.54. The van der Waals surface area contributed by atoms with Crippen molar-refractivity contribution in [3.63, 3.8) is 0 Å². The van der Waals surface area contributed by atoms with Crippen LogP contribution in [0.2, 0.25) is 0 Å². The molecule has 1 aliphatic heterocycles. The summed E-state index contributed by atoms with van der Waals surface area (Å²) >= 11 is 0.